The monoisotopic (exact) mass is 416 g/mol. The maximum Gasteiger partial charge on any atom is 0.223 e. The van der Waals surface area contributed by atoms with Gasteiger partial charge in [-0.3, -0.25) is 15.6 Å². The minimum Gasteiger partial charge on any atom is -0.385 e. The van der Waals surface area contributed by atoms with Gasteiger partial charge in [0.25, 0.3) is 0 Å². The summed E-state index contributed by atoms with van der Waals surface area (Å²) in [6.45, 7) is 0. The predicted octanol–water partition coefficient (Wildman–Crippen LogP) is 1.27. The number of hydrogen-bond donors (Lipinski definition) is 6. The molecule has 2 aliphatic rings. The van der Waals surface area contributed by atoms with Crippen LogP contribution in [0.25, 0.3) is 5.57 Å². The minimum absolute atomic E-state index is 0.178. The normalized spacial score (nSPS) is 23.9. The van der Waals surface area contributed by atoms with E-state index in [1.807, 2.05) is 0 Å². The van der Waals surface area contributed by atoms with Crippen LogP contribution in [0.5, 0.6) is 0 Å². The Kier molecular flexibility index (Phi) is 8.41. The Hall–Kier alpha value is -2.23. The molecule has 166 valence electrons. The van der Waals surface area contributed by atoms with Crippen molar-refractivity contribution in [2.75, 3.05) is 12.4 Å². The fourth-order valence-corrected chi connectivity index (χ4v) is 4.35. The smallest absolute Gasteiger partial charge is 0.223 e. The fraction of sp³-hybridized carbons (Fsp3) is 0.667. The predicted molar refractivity (Wildman–Crippen MR) is 121 cm³/mol. The fourth-order valence-electron chi connectivity index (χ4n) is 4.35. The highest BCUT2D eigenvalue weighted by molar-refractivity contribution is 6.09. The van der Waals surface area contributed by atoms with E-state index in [1.165, 1.54) is 19.3 Å². The molecule has 2 aliphatic carbocycles. The van der Waals surface area contributed by atoms with Gasteiger partial charge in [0.1, 0.15) is 5.82 Å². The van der Waals surface area contributed by atoms with E-state index in [1.54, 1.807) is 25.5 Å². The van der Waals surface area contributed by atoms with Crippen molar-refractivity contribution in [3.05, 3.63) is 23.8 Å². The van der Waals surface area contributed by atoms with Crippen LogP contribution in [0.1, 0.15) is 63.5 Å². The van der Waals surface area contributed by atoms with Gasteiger partial charge in [-0.25, -0.2) is 9.97 Å². The van der Waals surface area contributed by atoms with Gasteiger partial charge in [-0.1, -0.05) is 19.3 Å². The number of aliphatic hydroxyl groups is 1. The zero-order valence-electron chi connectivity index (χ0n) is 17.8. The molecule has 1 heterocycles. The van der Waals surface area contributed by atoms with Crippen molar-refractivity contribution in [3.8, 4) is 0 Å². The number of aliphatic imine (C=N–C) groups is 1. The number of aromatic nitrogens is 2. The number of nitrogens with zero attached hydrogens (tertiary/aromatic N) is 3. The first-order valence-electron chi connectivity index (χ1n) is 11.0. The maximum atomic E-state index is 10.3. The summed E-state index contributed by atoms with van der Waals surface area (Å²) in [5.41, 5.74) is 12.7. The van der Waals surface area contributed by atoms with Crippen LogP contribution in [-0.2, 0) is 0 Å². The molecule has 2 saturated carbocycles. The molecule has 0 aromatic carbocycles. The molecule has 1 aromatic heterocycles. The van der Waals surface area contributed by atoms with Gasteiger partial charge in [0, 0.05) is 37.6 Å². The summed E-state index contributed by atoms with van der Waals surface area (Å²) < 4.78 is 0. The Morgan fingerprint density at radius 3 is 2.33 bits per heavy atom. The molecule has 3 rings (SSSR count). The van der Waals surface area contributed by atoms with Crippen LogP contribution in [0.4, 0.5) is 5.95 Å². The summed E-state index contributed by atoms with van der Waals surface area (Å²) in [6, 6.07) is 2.81. The molecule has 0 spiro atoms. The van der Waals surface area contributed by atoms with E-state index in [0.29, 0.717) is 35.3 Å². The zero-order chi connectivity index (χ0) is 21.3. The van der Waals surface area contributed by atoms with Crippen LogP contribution in [0.15, 0.2) is 23.1 Å². The Bertz CT molecular complexity index is 719. The molecular formula is C21H36N8O. The topological polar surface area (TPSA) is 146 Å². The molecule has 8 N–H and O–H groups in total. The Morgan fingerprint density at radius 2 is 1.70 bits per heavy atom. The van der Waals surface area contributed by atoms with Crippen LogP contribution < -0.4 is 27.4 Å². The van der Waals surface area contributed by atoms with E-state index >= 15 is 0 Å². The summed E-state index contributed by atoms with van der Waals surface area (Å²) in [7, 11) is 1.66. The van der Waals surface area contributed by atoms with E-state index in [9.17, 15) is 5.11 Å². The molecule has 30 heavy (non-hydrogen) atoms. The molecule has 1 atom stereocenters. The highest BCUT2D eigenvalue weighted by Gasteiger charge is 2.24. The van der Waals surface area contributed by atoms with E-state index < -0.39 is 6.35 Å². The molecular weight excluding hydrogens is 380 g/mol. The lowest BCUT2D eigenvalue weighted by atomic mass is 9.91. The summed E-state index contributed by atoms with van der Waals surface area (Å²) in [5, 5.41) is 20.4. The molecule has 1 aromatic rings. The number of nitrogens with two attached hydrogens (primary N) is 2. The zero-order valence-corrected chi connectivity index (χ0v) is 17.8. The first-order chi connectivity index (χ1) is 14.5. The Morgan fingerprint density at radius 1 is 1.07 bits per heavy atom. The second kappa shape index (κ2) is 11.2. The largest absolute Gasteiger partial charge is 0.385 e. The number of anilines is 1. The molecule has 0 radical (unpaired) electrons. The van der Waals surface area contributed by atoms with Crippen LogP contribution in [-0.4, -0.2) is 52.8 Å². The molecule has 0 bridgehead atoms. The molecule has 9 heteroatoms. The quantitative estimate of drug-likeness (QED) is 0.274. The number of aliphatic hydroxyl groups excluding tert-OH is 1. The van der Waals surface area contributed by atoms with Gasteiger partial charge in [-0.15, -0.1) is 0 Å². The van der Waals surface area contributed by atoms with Gasteiger partial charge < -0.3 is 21.9 Å². The van der Waals surface area contributed by atoms with Crippen LogP contribution in [0, 0.1) is 0 Å². The molecule has 0 saturated heterocycles. The first kappa shape index (κ1) is 22.5. The SMILES string of the molecule is C/N=C\C(=C(N)N)c1ccnc(NC2CCC(NC(O)NC3CCCCC3)CC2)n1. The number of hydrogen-bond acceptors (Lipinski definition) is 9. The van der Waals surface area contributed by atoms with Crippen molar-refractivity contribution in [1.82, 2.24) is 20.6 Å². The number of allylic oxidation sites excluding steroid dienone is 1. The number of rotatable bonds is 8. The van der Waals surface area contributed by atoms with E-state index in [0.717, 1.165) is 38.5 Å². The van der Waals surface area contributed by atoms with Crippen LogP contribution in [0.3, 0.4) is 0 Å². The Balaban J connectivity index is 1.46. The van der Waals surface area contributed by atoms with Crippen molar-refractivity contribution < 1.29 is 5.11 Å². The summed E-state index contributed by atoms with van der Waals surface area (Å²) in [6.07, 6.45) is 12.8. The van der Waals surface area contributed by atoms with Crippen LogP contribution in [0.2, 0.25) is 0 Å². The third kappa shape index (κ3) is 6.65. The van der Waals surface area contributed by atoms with Gasteiger partial charge in [0.15, 0.2) is 6.35 Å². The summed E-state index contributed by atoms with van der Waals surface area (Å²) in [5.74, 6) is 0.739. The van der Waals surface area contributed by atoms with Crippen molar-refractivity contribution in [2.45, 2.75) is 82.3 Å². The van der Waals surface area contributed by atoms with Crippen LogP contribution >= 0.6 is 0 Å². The molecule has 0 aliphatic heterocycles. The minimum atomic E-state index is -0.630. The molecule has 9 nitrogen and oxygen atoms in total. The van der Waals surface area contributed by atoms with Crippen molar-refractivity contribution >= 4 is 17.7 Å². The van der Waals surface area contributed by atoms with Gasteiger partial charge in [0.05, 0.1) is 11.3 Å². The lowest BCUT2D eigenvalue weighted by Crippen LogP contribution is -2.52. The van der Waals surface area contributed by atoms with Gasteiger partial charge in [0.2, 0.25) is 5.95 Å². The molecule has 0 amide bonds. The third-order valence-electron chi connectivity index (χ3n) is 5.95. The van der Waals surface area contributed by atoms with Gasteiger partial charge in [-0.2, -0.15) is 0 Å². The first-order valence-corrected chi connectivity index (χ1v) is 11.0. The van der Waals surface area contributed by atoms with Gasteiger partial charge >= 0.3 is 0 Å². The standard InChI is InChI=1S/C21H36N8O/c1-24-13-17(19(22)23)18-11-12-25-20(29-18)26-15-7-9-16(10-8-15)28-21(30)27-14-5-3-2-4-6-14/h11-16,21,27-28,30H,2-10,22-23H2,1H3,(H,25,26,29)/b24-13-. The molecule has 2 fully saturated rings. The average molecular weight is 417 g/mol. The van der Waals surface area contributed by atoms with E-state index in [-0.39, 0.29) is 5.82 Å². The Labute approximate surface area is 178 Å². The molecule has 1 unspecified atom stereocenters. The second-order valence-electron chi connectivity index (χ2n) is 8.29. The van der Waals surface area contributed by atoms with E-state index in [2.05, 4.69) is 30.9 Å². The van der Waals surface area contributed by atoms with Gasteiger partial charge in [-0.05, 0) is 44.6 Å². The maximum absolute atomic E-state index is 10.3. The lowest BCUT2D eigenvalue weighted by Gasteiger charge is -2.33. The number of nitrogens with one attached hydrogen (secondary N) is 3. The second-order valence-corrected chi connectivity index (χ2v) is 8.29. The third-order valence-corrected chi connectivity index (χ3v) is 5.95. The van der Waals surface area contributed by atoms with Crippen molar-refractivity contribution in [2.24, 2.45) is 16.5 Å². The highest BCUT2D eigenvalue weighted by Crippen LogP contribution is 2.22. The summed E-state index contributed by atoms with van der Waals surface area (Å²) >= 11 is 0. The average Bonchev–Trinajstić information content (AvgIpc) is 2.74. The van der Waals surface area contributed by atoms with Crippen molar-refractivity contribution in [3.63, 3.8) is 0 Å². The van der Waals surface area contributed by atoms with Crippen molar-refractivity contribution in [1.29, 1.82) is 0 Å². The highest BCUT2D eigenvalue weighted by atomic mass is 16.3. The van der Waals surface area contributed by atoms with E-state index in [4.69, 9.17) is 11.5 Å². The summed E-state index contributed by atoms with van der Waals surface area (Å²) in [4.78, 5) is 12.9. The lowest BCUT2D eigenvalue weighted by molar-refractivity contribution is 0.0628.